The van der Waals surface area contributed by atoms with Crippen LogP contribution in [0.3, 0.4) is 0 Å². The molecule has 1 aromatic rings. The Bertz CT molecular complexity index is 408. The first-order chi connectivity index (χ1) is 9.61. The van der Waals surface area contributed by atoms with E-state index in [-0.39, 0.29) is 18.2 Å². The van der Waals surface area contributed by atoms with E-state index in [1.54, 1.807) is 0 Å². The first-order valence-corrected chi connectivity index (χ1v) is 7.48. The second-order valence-electron chi connectivity index (χ2n) is 5.42. The quantitative estimate of drug-likeness (QED) is 0.859. The fourth-order valence-electron chi connectivity index (χ4n) is 2.76. The standard InChI is InChI=1S/C14H25N3O3/c1-4-19-11(3)14-15-13(20-16-14)9-17-8-6-5-7-12(17)10(2)18/h10-12,18H,4-9H2,1-3H3. The van der Waals surface area contributed by atoms with Crippen LogP contribution >= 0.6 is 0 Å². The van der Waals surface area contributed by atoms with E-state index in [4.69, 9.17) is 9.26 Å². The van der Waals surface area contributed by atoms with Crippen LogP contribution in [-0.4, -0.2) is 45.4 Å². The number of nitrogens with zero attached hydrogens (tertiary/aromatic N) is 3. The van der Waals surface area contributed by atoms with Gasteiger partial charge < -0.3 is 14.4 Å². The molecule has 1 N–H and O–H groups in total. The zero-order valence-corrected chi connectivity index (χ0v) is 12.6. The third-order valence-corrected chi connectivity index (χ3v) is 3.82. The van der Waals surface area contributed by atoms with Crippen LogP contribution in [0.4, 0.5) is 0 Å². The number of likely N-dealkylation sites (tertiary alicyclic amines) is 1. The van der Waals surface area contributed by atoms with Gasteiger partial charge in [-0.2, -0.15) is 4.98 Å². The van der Waals surface area contributed by atoms with Crippen molar-refractivity contribution in [3.63, 3.8) is 0 Å². The van der Waals surface area contributed by atoms with Crippen molar-refractivity contribution in [3.05, 3.63) is 11.7 Å². The highest BCUT2D eigenvalue weighted by Crippen LogP contribution is 2.22. The molecule has 1 aliphatic rings. The third kappa shape index (κ3) is 3.77. The molecule has 3 unspecified atom stereocenters. The molecule has 0 amide bonds. The average molecular weight is 283 g/mol. The van der Waals surface area contributed by atoms with Gasteiger partial charge in [-0.25, -0.2) is 0 Å². The number of hydrogen-bond donors (Lipinski definition) is 1. The number of hydrogen-bond acceptors (Lipinski definition) is 6. The van der Waals surface area contributed by atoms with Gasteiger partial charge in [0.2, 0.25) is 5.89 Å². The van der Waals surface area contributed by atoms with Crippen LogP contribution in [-0.2, 0) is 11.3 Å². The van der Waals surface area contributed by atoms with Gasteiger partial charge in [0.1, 0.15) is 6.10 Å². The number of rotatable bonds is 6. The molecule has 20 heavy (non-hydrogen) atoms. The fourth-order valence-corrected chi connectivity index (χ4v) is 2.76. The van der Waals surface area contributed by atoms with Crippen LogP contribution < -0.4 is 0 Å². The zero-order valence-electron chi connectivity index (χ0n) is 12.6. The second kappa shape index (κ2) is 7.15. The van der Waals surface area contributed by atoms with Crippen LogP contribution in [0.5, 0.6) is 0 Å². The molecule has 1 saturated heterocycles. The lowest BCUT2D eigenvalue weighted by molar-refractivity contribution is 0.0260. The Hall–Kier alpha value is -0.980. The number of aliphatic hydroxyl groups is 1. The average Bonchev–Trinajstić information content (AvgIpc) is 2.88. The Labute approximate surface area is 120 Å². The minimum absolute atomic E-state index is 0.147. The molecule has 2 rings (SSSR count). The normalized spacial score (nSPS) is 23.7. The predicted octanol–water partition coefficient (Wildman–Crippen LogP) is 1.90. The zero-order chi connectivity index (χ0) is 14.5. The van der Waals surface area contributed by atoms with Gasteiger partial charge in [0.05, 0.1) is 12.6 Å². The summed E-state index contributed by atoms with van der Waals surface area (Å²) < 4.78 is 10.8. The number of aromatic nitrogens is 2. The smallest absolute Gasteiger partial charge is 0.240 e. The molecule has 2 heterocycles. The molecular weight excluding hydrogens is 258 g/mol. The molecular formula is C14H25N3O3. The molecule has 0 aromatic carbocycles. The number of aliphatic hydroxyl groups excluding tert-OH is 1. The van der Waals surface area contributed by atoms with Gasteiger partial charge >= 0.3 is 0 Å². The Morgan fingerprint density at radius 1 is 1.45 bits per heavy atom. The van der Waals surface area contributed by atoms with Gasteiger partial charge in [0.25, 0.3) is 0 Å². The van der Waals surface area contributed by atoms with E-state index in [9.17, 15) is 5.11 Å². The molecule has 0 saturated carbocycles. The summed E-state index contributed by atoms with van der Waals surface area (Å²) >= 11 is 0. The van der Waals surface area contributed by atoms with Gasteiger partial charge in [0.15, 0.2) is 5.82 Å². The maximum atomic E-state index is 9.86. The van der Waals surface area contributed by atoms with Crippen molar-refractivity contribution in [1.82, 2.24) is 15.0 Å². The Morgan fingerprint density at radius 3 is 2.95 bits per heavy atom. The summed E-state index contributed by atoms with van der Waals surface area (Å²) in [6, 6.07) is 0.184. The van der Waals surface area contributed by atoms with E-state index in [2.05, 4.69) is 15.0 Å². The van der Waals surface area contributed by atoms with Crippen LogP contribution in [0.25, 0.3) is 0 Å². The molecule has 0 radical (unpaired) electrons. The van der Waals surface area contributed by atoms with Gasteiger partial charge in [0, 0.05) is 12.6 Å². The van der Waals surface area contributed by atoms with Crippen LogP contribution in [0.1, 0.15) is 57.9 Å². The highest BCUT2D eigenvalue weighted by atomic mass is 16.5. The molecule has 1 aliphatic heterocycles. The third-order valence-electron chi connectivity index (χ3n) is 3.82. The van der Waals surface area contributed by atoms with Crippen molar-refractivity contribution >= 4 is 0 Å². The molecule has 0 spiro atoms. The number of piperidine rings is 1. The molecule has 6 nitrogen and oxygen atoms in total. The van der Waals surface area contributed by atoms with Crippen molar-refractivity contribution in [3.8, 4) is 0 Å². The van der Waals surface area contributed by atoms with E-state index >= 15 is 0 Å². The fraction of sp³-hybridized carbons (Fsp3) is 0.857. The lowest BCUT2D eigenvalue weighted by Crippen LogP contribution is -2.45. The van der Waals surface area contributed by atoms with Crippen LogP contribution in [0, 0.1) is 0 Å². The minimum atomic E-state index is -0.333. The summed E-state index contributed by atoms with van der Waals surface area (Å²) in [5.41, 5.74) is 0. The highest BCUT2D eigenvalue weighted by molar-refractivity contribution is 4.92. The SMILES string of the molecule is CCOC(C)c1noc(CN2CCCCC2C(C)O)n1. The van der Waals surface area contributed by atoms with Crippen molar-refractivity contribution in [2.75, 3.05) is 13.2 Å². The summed E-state index contributed by atoms with van der Waals surface area (Å²) in [6.07, 6.45) is 2.86. The van der Waals surface area contributed by atoms with Gasteiger partial charge in [-0.1, -0.05) is 11.6 Å². The van der Waals surface area contributed by atoms with E-state index in [0.717, 1.165) is 19.4 Å². The lowest BCUT2D eigenvalue weighted by atomic mass is 9.98. The van der Waals surface area contributed by atoms with Gasteiger partial charge in [-0.15, -0.1) is 0 Å². The maximum Gasteiger partial charge on any atom is 0.240 e. The molecule has 114 valence electrons. The van der Waals surface area contributed by atoms with Crippen molar-refractivity contribution in [2.24, 2.45) is 0 Å². The van der Waals surface area contributed by atoms with Gasteiger partial charge in [-0.3, -0.25) is 4.90 Å². The number of ether oxygens (including phenoxy) is 1. The summed E-state index contributed by atoms with van der Waals surface area (Å²) in [5.74, 6) is 1.19. The van der Waals surface area contributed by atoms with Gasteiger partial charge in [-0.05, 0) is 40.2 Å². The maximum absolute atomic E-state index is 9.86. The summed E-state index contributed by atoms with van der Waals surface area (Å²) in [6.45, 7) is 7.90. The van der Waals surface area contributed by atoms with Crippen LogP contribution in [0.15, 0.2) is 4.52 Å². The first kappa shape index (κ1) is 15.4. The Morgan fingerprint density at radius 2 is 2.25 bits per heavy atom. The predicted molar refractivity (Wildman–Crippen MR) is 74.1 cm³/mol. The van der Waals surface area contributed by atoms with Crippen molar-refractivity contribution < 1.29 is 14.4 Å². The summed E-state index contributed by atoms with van der Waals surface area (Å²) in [4.78, 5) is 6.62. The van der Waals surface area contributed by atoms with Crippen molar-refractivity contribution in [1.29, 1.82) is 0 Å². The second-order valence-corrected chi connectivity index (χ2v) is 5.42. The lowest BCUT2D eigenvalue weighted by Gasteiger charge is -2.36. The minimum Gasteiger partial charge on any atom is -0.392 e. The largest absolute Gasteiger partial charge is 0.392 e. The van der Waals surface area contributed by atoms with E-state index in [1.165, 1.54) is 6.42 Å². The first-order valence-electron chi connectivity index (χ1n) is 7.48. The molecule has 6 heteroatoms. The van der Waals surface area contributed by atoms with E-state index in [1.807, 2.05) is 20.8 Å². The van der Waals surface area contributed by atoms with E-state index in [0.29, 0.717) is 24.9 Å². The van der Waals surface area contributed by atoms with E-state index < -0.39 is 0 Å². The molecule has 1 aromatic heterocycles. The van der Waals surface area contributed by atoms with Crippen molar-refractivity contribution in [2.45, 2.75) is 64.8 Å². The van der Waals surface area contributed by atoms with Crippen LogP contribution in [0.2, 0.25) is 0 Å². The Kier molecular flexibility index (Phi) is 5.51. The Balaban J connectivity index is 1.98. The topological polar surface area (TPSA) is 71.6 Å². The highest BCUT2D eigenvalue weighted by Gasteiger charge is 2.27. The molecule has 0 bridgehead atoms. The summed E-state index contributed by atoms with van der Waals surface area (Å²) in [7, 11) is 0. The molecule has 1 fully saturated rings. The molecule has 0 aliphatic carbocycles. The monoisotopic (exact) mass is 283 g/mol. The molecule has 3 atom stereocenters. The summed E-state index contributed by atoms with van der Waals surface area (Å²) in [5, 5.41) is 13.8.